The molecule has 1 saturated heterocycles. The van der Waals surface area contributed by atoms with Crippen LogP contribution in [0.25, 0.3) is 0 Å². The Morgan fingerprint density at radius 1 is 1.44 bits per heavy atom. The van der Waals surface area contributed by atoms with E-state index in [-0.39, 0.29) is 5.92 Å². The van der Waals surface area contributed by atoms with Gasteiger partial charge in [0, 0.05) is 24.5 Å². The highest BCUT2D eigenvalue weighted by Gasteiger charge is 2.28. The van der Waals surface area contributed by atoms with Crippen molar-refractivity contribution in [2.45, 2.75) is 64.6 Å². The van der Waals surface area contributed by atoms with Gasteiger partial charge in [0.15, 0.2) is 5.82 Å². The zero-order valence-corrected chi connectivity index (χ0v) is 11.6. The Bertz CT molecular complexity index is 377. The average Bonchev–Trinajstić information content (AvgIpc) is 2.80. The second-order valence-corrected chi connectivity index (χ2v) is 5.55. The van der Waals surface area contributed by atoms with Crippen LogP contribution in [0.2, 0.25) is 0 Å². The summed E-state index contributed by atoms with van der Waals surface area (Å²) in [7, 11) is 0. The predicted molar refractivity (Wildman–Crippen MR) is 70.1 cm³/mol. The minimum atomic E-state index is 0.287. The van der Waals surface area contributed by atoms with E-state index in [1.165, 1.54) is 19.3 Å². The molecule has 2 N–H and O–H groups in total. The van der Waals surface area contributed by atoms with Crippen molar-refractivity contribution in [3.8, 4) is 0 Å². The van der Waals surface area contributed by atoms with Gasteiger partial charge in [0.1, 0.15) is 0 Å². The molecule has 0 saturated carbocycles. The molecule has 0 bridgehead atoms. The maximum atomic E-state index is 5.86. The van der Waals surface area contributed by atoms with Gasteiger partial charge in [-0.3, -0.25) is 4.90 Å². The number of nitrogens with zero attached hydrogens (tertiary/aromatic N) is 3. The van der Waals surface area contributed by atoms with Crippen LogP contribution in [-0.4, -0.2) is 33.7 Å². The first kappa shape index (κ1) is 13.5. The quantitative estimate of drug-likeness (QED) is 0.886. The van der Waals surface area contributed by atoms with Crippen molar-refractivity contribution in [2.24, 2.45) is 5.73 Å². The SMILES string of the molecule is CC(C)c1nc(CN2C(C)CCCC2CN)no1. The summed E-state index contributed by atoms with van der Waals surface area (Å²) in [6.07, 6.45) is 3.67. The molecule has 0 spiro atoms. The summed E-state index contributed by atoms with van der Waals surface area (Å²) in [4.78, 5) is 6.86. The molecule has 1 aliphatic heterocycles. The summed E-state index contributed by atoms with van der Waals surface area (Å²) in [6, 6.07) is 1.00. The zero-order chi connectivity index (χ0) is 13.1. The first-order valence-corrected chi connectivity index (χ1v) is 6.90. The van der Waals surface area contributed by atoms with E-state index in [4.69, 9.17) is 10.3 Å². The molecule has 1 aliphatic rings. The Morgan fingerprint density at radius 3 is 2.83 bits per heavy atom. The Labute approximate surface area is 109 Å². The van der Waals surface area contributed by atoms with Crippen LogP contribution in [0, 0.1) is 0 Å². The van der Waals surface area contributed by atoms with Gasteiger partial charge in [-0.15, -0.1) is 0 Å². The fraction of sp³-hybridized carbons (Fsp3) is 0.846. The molecule has 0 aromatic carbocycles. The van der Waals surface area contributed by atoms with Crippen LogP contribution in [-0.2, 0) is 6.54 Å². The minimum absolute atomic E-state index is 0.287. The van der Waals surface area contributed by atoms with Gasteiger partial charge >= 0.3 is 0 Å². The molecule has 0 radical (unpaired) electrons. The van der Waals surface area contributed by atoms with Crippen LogP contribution in [0.1, 0.15) is 57.7 Å². The highest BCUT2D eigenvalue weighted by Crippen LogP contribution is 2.24. The maximum Gasteiger partial charge on any atom is 0.229 e. The third-order valence-corrected chi connectivity index (χ3v) is 3.77. The monoisotopic (exact) mass is 252 g/mol. The van der Waals surface area contributed by atoms with Gasteiger partial charge in [0.05, 0.1) is 6.54 Å². The zero-order valence-electron chi connectivity index (χ0n) is 11.6. The number of piperidine rings is 1. The normalized spacial score (nSPS) is 25.8. The molecule has 2 heterocycles. The summed E-state index contributed by atoms with van der Waals surface area (Å²) in [5.74, 6) is 1.79. The third-order valence-electron chi connectivity index (χ3n) is 3.77. The second-order valence-electron chi connectivity index (χ2n) is 5.55. The highest BCUT2D eigenvalue weighted by atomic mass is 16.5. The van der Waals surface area contributed by atoms with Crippen LogP contribution in [0.15, 0.2) is 4.52 Å². The lowest BCUT2D eigenvalue weighted by Gasteiger charge is -2.39. The van der Waals surface area contributed by atoms with Crippen molar-refractivity contribution in [1.29, 1.82) is 0 Å². The van der Waals surface area contributed by atoms with Crippen LogP contribution in [0.5, 0.6) is 0 Å². The molecule has 18 heavy (non-hydrogen) atoms. The average molecular weight is 252 g/mol. The molecule has 1 aromatic heterocycles. The number of aromatic nitrogens is 2. The van der Waals surface area contributed by atoms with Gasteiger partial charge in [-0.1, -0.05) is 25.4 Å². The molecule has 1 fully saturated rings. The highest BCUT2D eigenvalue weighted by molar-refractivity contribution is 4.93. The van der Waals surface area contributed by atoms with Gasteiger partial charge in [0.2, 0.25) is 5.89 Å². The summed E-state index contributed by atoms with van der Waals surface area (Å²) >= 11 is 0. The minimum Gasteiger partial charge on any atom is -0.339 e. The van der Waals surface area contributed by atoms with Gasteiger partial charge < -0.3 is 10.3 Å². The fourth-order valence-corrected chi connectivity index (χ4v) is 2.61. The second kappa shape index (κ2) is 5.80. The first-order chi connectivity index (χ1) is 8.61. The van der Waals surface area contributed by atoms with E-state index in [0.29, 0.717) is 18.6 Å². The summed E-state index contributed by atoms with van der Waals surface area (Å²) < 4.78 is 5.25. The van der Waals surface area contributed by atoms with Crippen LogP contribution in [0.3, 0.4) is 0 Å². The van der Waals surface area contributed by atoms with Crippen molar-refractivity contribution in [3.63, 3.8) is 0 Å². The lowest BCUT2D eigenvalue weighted by Crippen LogP contribution is -2.48. The van der Waals surface area contributed by atoms with Crippen molar-refractivity contribution in [3.05, 3.63) is 11.7 Å². The Hall–Kier alpha value is -0.940. The van der Waals surface area contributed by atoms with Crippen molar-refractivity contribution in [1.82, 2.24) is 15.0 Å². The summed E-state index contributed by atoms with van der Waals surface area (Å²) in [5, 5.41) is 4.07. The topological polar surface area (TPSA) is 68.2 Å². The number of rotatable bonds is 4. The molecule has 2 atom stereocenters. The predicted octanol–water partition coefficient (Wildman–Crippen LogP) is 1.89. The van der Waals surface area contributed by atoms with Crippen molar-refractivity contribution < 1.29 is 4.52 Å². The lowest BCUT2D eigenvalue weighted by molar-refractivity contribution is 0.0854. The van der Waals surface area contributed by atoms with E-state index in [0.717, 1.165) is 18.3 Å². The molecule has 102 valence electrons. The molecular weight excluding hydrogens is 228 g/mol. The smallest absolute Gasteiger partial charge is 0.229 e. The van der Waals surface area contributed by atoms with E-state index in [9.17, 15) is 0 Å². The van der Waals surface area contributed by atoms with E-state index in [2.05, 4.69) is 35.8 Å². The first-order valence-electron chi connectivity index (χ1n) is 6.90. The molecule has 5 heteroatoms. The fourth-order valence-electron chi connectivity index (χ4n) is 2.61. The molecule has 2 unspecified atom stereocenters. The van der Waals surface area contributed by atoms with Crippen LogP contribution >= 0.6 is 0 Å². The summed E-state index contributed by atoms with van der Waals surface area (Å²) in [5.41, 5.74) is 5.86. The van der Waals surface area contributed by atoms with E-state index >= 15 is 0 Å². The standard InChI is InChI=1S/C13H24N4O/c1-9(2)13-15-12(16-18-13)8-17-10(3)5-4-6-11(17)7-14/h9-11H,4-8,14H2,1-3H3. The molecule has 0 aliphatic carbocycles. The maximum absolute atomic E-state index is 5.86. The Morgan fingerprint density at radius 2 is 2.22 bits per heavy atom. The van der Waals surface area contributed by atoms with Gasteiger partial charge in [-0.2, -0.15) is 4.98 Å². The van der Waals surface area contributed by atoms with Gasteiger partial charge in [0.25, 0.3) is 0 Å². The number of hydrogen-bond donors (Lipinski definition) is 1. The largest absolute Gasteiger partial charge is 0.339 e. The molecule has 1 aromatic rings. The third kappa shape index (κ3) is 2.90. The Kier molecular flexibility index (Phi) is 4.35. The van der Waals surface area contributed by atoms with E-state index in [1.807, 2.05) is 0 Å². The van der Waals surface area contributed by atoms with Crippen LogP contribution in [0.4, 0.5) is 0 Å². The molecule has 2 rings (SSSR count). The van der Waals surface area contributed by atoms with Gasteiger partial charge in [-0.25, -0.2) is 0 Å². The number of nitrogens with two attached hydrogens (primary N) is 1. The van der Waals surface area contributed by atoms with E-state index < -0.39 is 0 Å². The van der Waals surface area contributed by atoms with Crippen LogP contribution < -0.4 is 5.73 Å². The molecular formula is C13H24N4O. The summed E-state index contributed by atoms with van der Waals surface area (Å²) in [6.45, 7) is 7.83. The van der Waals surface area contributed by atoms with Crippen molar-refractivity contribution in [2.75, 3.05) is 6.54 Å². The van der Waals surface area contributed by atoms with Crippen molar-refractivity contribution >= 4 is 0 Å². The number of likely N-dealkylation sites (tertiary alicyclic amines) is 1. The molecule has 0 amide bonds. The van der Waals surface area contributed by atoms with E-state index in [1.54, 1.807) is 0 Å². The van der Waals surface area contributed by atoms with Gasteiger partial charge in [-0.05, 0) is 19.8 Å². The Balaban J connectivity index is 2.05. The lowest BCUT2D eigenvalue weighted by atomic mass is 9.96. The molecule has 5 nitrogen and oxygen atoms in total. The number of hydrogen-bond acceptors (Lipinski definition) is 5.